The molecule has 5 heteroatoms. The summed E-state index contributed by atoms with van der Waals surface area (Å²) in [5, 5.41) is 2.05. The lowest BCUT2D eigenvalue weighted by Crippen LogP contribution is -1.99. The van der Waals surface area contributed by atoms with Crippen LogP contribution in [0.1, 0.15) is 21.4 Å². The molecular weight excluding hydrogens is 297 g/mol. The van der Waals surface area contributed by atoms with Crippen LogP contribution < -0.4 is 0 Å². The van der Waals surface area contributed by atoms with Crippen LogP contribution >= 0.6 is 34.5 Å². The number of hydrogen-bond donors (Lipinski definition) is 0. The predicted molar refractivity (Wildman–Crippen MR) is 72.7 cm³/mol. The van der Waals surface area contributed by atoms with Gasteiger partial charge in [-0.2, -0.15) is 0 Å². The van der Waals surface area contributed by atoms with Crippen LogP contribution in [-0.4, -0.2) is 0 Å². The van der Waals surface area contributed by atoms with E-state index in [1.807, 2.05) is 12.3 Å². The largest absolute Gasteiger partial charge is 0.204 e. The lowest BCUT2D eigenvalue weighted by atomic mass is 10.1. The van der Waals surface area contributed by atoms with E-state index in [0.717, 1.165) is 16.5 Å². The third-order valence-electron chi connectivity index (χ3n) is 2.64. The molecule has 2 rings (SSSR count). The topological polar surface area (TPSA) is 0 Å². The number of halogens is 4. The highest BCUT2D eigenvalue weighted by Gasteiger charge is 2.18. The molecule has 1 unspecified atom stereocenters. The van der Waals surface area contributed by atoms with Crippen molar-refractivity contribution < 1.29 is 8.78 Å². The normalized spacial score (nSPS) is 12.7. The molecule has 0 saturated carbocycles. The van der Waals surface area contributed by atoms with Crippen molar-refractivity contribution in [3.63, 3.8) is 0 Å². The van der Waals surface area contributed by atoms with Crippen LogP contribution in [0.15, 0.2) is 23.6 Å². The highest BCUT2D eigenvalue weighted by atomic mass is 35.5. The lowest BCUT2D eigenvalue weighted by molar-refractivity contribution is 0.498. The third kappa shape index (κ3) is 2.68. The summed E-state index contributed by atoms with van der Waals surface area (Å²) in [5.41, 5.74) is 1.21. The van der Waals surface area contributed by atoms with Crippen LogP contribution in [0, 0.1) is 18.6 Å². The van der Waals surface area contributed by atoms with E-state index >= 15 is 0 Å². The molecule has 0 amide bonds. The van der Waals surface area contributed by atoms with E-state index < -0.39 is 17.0 Å². The molecular formula is C13H10Cl2F2S. The minimum Gasteiger partial charge on any atom is -0.204 e. The zero-order chi connectivity index (χ0) is 13.3. The number of hydrogen-bond acceptors (Lipinski definition) is 1. The summed E-state index contributed by atoms with van der Waals surface area (Å²) in [4.78, 5) is 0.791. The molecule has 0 aliphatic rings. The fraction of sp³-hybridized carbons (Fsp3) is 0.231. The molecule has 0 radical (unpaired) electrons. The fourth-order valence-corrected chi connectivity index (χ4v) is 3.44. The summed E-state index contributed by atoms with van der Waals surface area (Å²) in [5.74, 6) is -1.70. The summed E-state index contributed by atoms with van der Waals surface area (Å²) in [6, 6.07) is 4.09. The Balaban J connectivity index is 2.24. The molecule has 2 aromatic rings. The van der Waals surface area contributed by atoms with Gasteiger partial charge in [-0.15, -0.1) is 22.9 Å². The maximum Gasteiger partial charge on any atom is 0.162 e. The Labute approximate surface area is 118 Å². The van der Waals surface area contributed by atoms with Gasteiger partial charge in [-0.05, 0) is 35.9 Å². The molecule has 1 aromatic carbocycles. The average molecular weight is 307 g/mol. The Morgan fingerprint density at radius 1 is 1.33 bits per heavy atom. The molecule has 0 nitrogen and oxygen atoms in total. The highest BCUT2D eigenvalue weighted by Crippen LogP contribution is 2.37. The summed E-state index contributed by atoms with van der Waals surface area (Å²) in [6.45, 7) is 1.88. The maximum atomic E-state index is 13.5. The second kappa shape index (κ2) is 5.55. The molecule has 1 atom stereocenters. The standard InChI is InChI=1S/C13H10Cl2F2S/c1-7-6-18-13(11(7)15)9(14)5-8-3-2-4-10(16)12(8)17/h2-4,6,9H,5H2,1H3. The summed E-state index contributed by atoms with van der Waals surface area (Å²) >= 11 is 13.8. The second-order valence-corrected chi connectivity index (χ2v) is 5.80. The Morgan fingerprint density at radius 2 is 2.06 bits per heavy atom. The van der Waals surface area contributed by atoms with E-state index in [1.165, 1.54) is 23.5 Å². The van der Waals surface area contributed by atoms with Gasteiger partial charge in [-0.25, -0.2) is 8.78 Å². The zero-order valence-electron chi connectivity index (χ0n) is 9.51. The van der Waals surface area contributed by atoms with Gasteiger partial charge in [0.25, 0.3) is 0 Å². The molecule has 96 valence electrons. The van der Waals surface area contributed by atoms with Gasteiger partial charge < -0.3 is 0 Å². The van der Waals surface area contributed by atoms with E-state index in [9.17, 15) is 8.78 Å². The molecule has 18 heavy (non-hydrogen) atoms. The number of alkyl halides is 1. The minimum atomic E-state index is -0.857. The molecule has 0 N–H and O–H groups in total. The van der Waals surface area contributed by atoms with Gasteiger partial charge >= 0.3 is 0 Å². The fourth-order valence-electron chi connectivity index (χ4n) is 1.65. The zero-order valence-corrected chi connectivity index (χ0v) is 11.8. The van der Waals surface area contributed by atoms with Gasteiger partial charge in [0.1, 0.15) is 0 Å². The van der Waals surface area contributed by atoms with Gasteiger partial charge in [0.15, 0.2) is 11.6 Å². The number of rotatable bonds is 3. The first kappa shape index (κ1) is 13.8. The monoisotopic (exact) mass is 306 g/mol. The first-order valence-electron chi connectivity index (χ1n) is 5.31. The molecule has 0 fully saturated rings. The van der Waals surface area contributed by atoms with Gasteiger partial charge in [-0.3, -0.25) is 0 Å². The van der Waals surface area contributed by atoms with Crippen LogP contribution in [0.4, 0.5) is 8.78 Å². The molecule has 0 saturated heterocycles. The molecule has 0 aliphatic heterocycles. The maximum absolute atomic E-state index is 13.5. The van der Waals surface area contributed by atoms with Crippen molar-refractivity contribution in [1.29, 1.82) is 0 Å². The minimum absolute atomic E-state index is 0.213. The highest BCUT2D eigenvalue weighted by molar-refractivity contribution is 7.11. The van der Waals surface area contributed by atoms with Crippen molar-refractivity contribution in [2.24, 2.45) is 0 Å². The molecule has 0 bridgehead atoms. The van der Waals surface area contributed by atoms with Crippen LogP contribution in [0.5, 0.6) is 0 Å². The number of benzene rings is 1. The van der Waals surface area contributed by atoms with Crippen LogP contribution in [0.3, 0.4) is 0 Å². The van der Waals surface area contributed by atoms with Gasteiger partial charge in [0, 0.05) is 4.88 Å². The second-order valence-electron chi connectivity index (χ2n) is 3.98. The Hall–Kier alpha value is -0.640. The lowest BCUT2D eigenvalue weighted by Gasteiger charge is -2.09. The molecule has 1 heterocycles. The van der Waals surface area contributed by atoms with Crippen molar-refractivity contribution in [2.45, 2.75) is 18.7 Å². The van der Waals surface area contributed by atoms with Crippen molar-refractivity contribution in [2.75, 3.05) is 0 Å². The van der Waals surface area contributed by atoms with Gasteiger partial charge in [0.05, 0.1) is 10.4 Å². The van der Waals surface area contributed by atoms with Crippen molar-refractivity contribution in [3.8, 4) is 0 Å². The summed E-state index contributed by atoms with van der Waals surface area (Å²) < 4.78 is 26.6. The Bertz CT molecular complexity index is 566. The SMILES string of the molecule is Cc1csc(C(Cl)Cc2cccc(F)c2F)c1Cl. The van der Waals surface area contributed by atoms with E-state index in [4.69, 9.17) is 23.2 Å². The van der Waals surface area contributed by atoms with E-state index in [-0.39, 0.29) is 12.0 Å². The van der Waals surface area contributed by atoms with Crippen LogP contribution in [-0.2, 0) is 6.42 Å². The van der Waals surface area contributed by atoms with E-state index in [2.05, 4.69) is 0 Å². The van der Waals surface area contributed by atoms with Gasteiger partial charge in [0.2, 0.25) is 0 Å². The molecule has 0 spiro atoms. The summed E-state index contributed by atoms with van der Waals surface area (Å²) in [6.07, 6.45) is 0.213. The molecule has 0 aliphatic carbocycles. The average Bonchev–Trinajstić information content (AvgIpc) is 2.66. The Morgan fingerprint density at radius 3 is 2.67 bits per heavy atom. The molecule has 1 aromatic heterocycles. The predicted octanol–water partition coefficient (Wildman–Crippen LogP) is 5.51. The van der Waals surface area contributed by atoms with Crippen molar-refractivity contribution >= 4 is 34.5 Å². The first-order valence-corrected chi connectivity index (χ1v) is 7.00. The van der Waals surface area contributed by atoms with Crippen LogP contribution in [0.2, 0.25) is 5.02 Å². The van der Waals surface area contributed by atoms with Crippen molar-refractivity contribution in [3.05, 3.63) is 56.2 Å². The quantitative estimate of drug-likeness (QED) is 0.656. The smallest absolute Gasteiger partial charge is 0.162 e. The number of aryl methyl sites for hydroxylation is 1. The van der Waals surface area contributed by atoms with E-state index in [0.29, 0.717) is 5.02 Å². The Kier molecular flexibility index (Phi) is 4.25. The van der Waals surface area contributed by atoms with E-state index in [1.54, 1.807) is 0 Å². The first-order chi connectivity index (χ1) is 8.50. The summed E-state index contributed by atoms with van der Waals surface area (Å²) in [7, 11) is 0. The van der Waals surface area contributed by atoms with Crippen LogP contribution in [0.25, 0.3) is 0 Å². The van der Waals surface area contributed by atoms with Crippen molar-refractivity contribution in [1.82, 2.24) is 0 Å². The number of thiophene rings is 1. The third-order valence-corrected chi connectivity index (χ3v) is 4.97. The van der Waals surface area contributed by atoms with Gasteiger partial charge in [-0.1, -0.05) is 23.7 Å².